The SMILES string of the molecule is CC(O)CC(O)CC1CCCC(=O)O1. The van der Waals surface area contributed by atoms with E-state index in [0.29, 0.717) is 19.3 Å². The molecule has 3 atom stereocenters. The lowest BCUT2D eigenvalue weighted by Gasteiger charge is -2.24. The molecule has 0 aromatic rings. The van der Waals surface area contributed by atoms with E-state index in [4.69, 9.17) is 9.84 Å². The molecule has 82 valence electrons. The van der Waals surface area contributed by atoms with Crippen molar-refractivity contribution in [2.75, 3.05) is 0 Å². The average molecular weight is 202 g/mol. The molecular formula is C10H18O4. The fourth-order valence-electron chi connectivity index (χ4n) is 1.74. The number of ether oxygens (including phenoxy) is 1. The van der Waals surface area contributed by atoms with Crippen LogP contribution in [0.1, 0.15) is 39.0 Å². The maximum absolute atomic E-state index is 10.9. The van der Waals surface area contributed by atoms with Crippen LogP contribution in [0.2, 0.25) is 0 Å². The van der Waals surface area contributed by atoms with Gasteiger partial charge in [-0.15, -0.1) is 0 Å². The monoisotopic (exact) mass is 202 g/mol. The Morgan fingerprint density at radius 2 is 2.29 bits per heavy atom. The molecule has 0 amide bonds. The molecule has 1 saturated heterocycles. The molecule has 0 bridgehead atoms. The summed E-state index contributed by atoms with van der Waals surface area (Å²) in [4.78, 5) is 10.9. The Morgan fingerprint density at radius 1 is 1.57 bits per heavy atom. The Morgan fingerprint density at radius 3 is 2.86 bits per heavy atom. The highest BCUT2D eigenvalue weighted by atomic mass is 16.5. The van der Waals surface area contributed by atoms with Crippen LogP contribution < -0.4 is 0 Å². The summed E-state index contributed by atoms with van der Waals surface area (Å²) in [7, 11) is 0. The Balaban J connectivity index is 2.25. The Labute approximate surface area is 83.9 Å². The first-order chi connectivity index (χ1) is 6.58. The van der Waals surface area contributed by atoms with Gasteiger partial charge in [0.1, 0.15) is 6.10 Å². The first-order valence-corrected chi connectivity index (χ1v) is 5.13. The van der Waals surface area contributed by atoms with Gasteiger partial charge in [-0.3, -0.25) is 4.79 Å². The number of carbonyl (C=O) groups excluding carboxylic acids is 1. The van der Waals surface area contributed by atoms with E-state index in [2.05, 4.69) is 0 Å². The minimum Gasteiger partial charge on any atom is -0.462 e. The van der Waals surface area contributed by atoms with Crippen molar-refractivity contribution in [1.82, 2.24) is 0 Å². The second-order valence-electron chi connectivity index (χ2n) is 3.98. The van der Waals surface area contributed by atoms with Crippen LogP contribution in [0.5, 0.6) is 0 Å². The zero-order valence-electron chi connectivity index (χ0n) is 8.48. The van der Waals surface area contributed by atoms with Gasteiger partial charge >= 0.3 is 5.97 Å². The zero-order chi connectivity index (χ0) is 10.6. The number of esters is 1. The number of hydrogen-bond donors (Lipinski definition) is 2. The summed E-state index contributed by atoms with van der Waals surface area (Å²) in [5.41, 5.74) is 0. The average Bonchev–Trinajstić information content (AvgIpc) is 2.01. The van der Waals surface area contributed by atoms with E-state index in [1.807, 2.05) is 0 Å². The van der Waals surface area contributed by atoms with Crippen LogP contribution in [0.15, 0.2) is 0 Å². The third-order valence-electron chi connectivity index (χ3n) is 2.35. The topological polar surface area (TPSA) is 66.8 Å². The lowest BCUT2D eigenvalue weighted by molar-refractivity contribution is -0.155. The molecule has 0 saturated carbocycles. The summed E-state index contributed by atoms with van der Waals surface area (Å²) in [5.74, 6) is -0.175. The molecule has 4 nitrogen and oxygen atoms in total. The van der Waals surface area contributed by atoms with Crippen LogP contribution in [-0.4, -0.2) is 34.5 Å². The zero-order valence-corrected chi connectivity index (χ0v) is 8.48. The number of aliphatic hydroxyl groups excluding tert-OH is 2. The number of cyclic esters (lactones) is 1. The fraction of sp³-hybridized carbons (Fsp3) is 0.900. The van der Waals surface area contributed by atoms with Gasteiger partial charge in [-0.2, -0.15) is 0 Å². The van der Waals surface area contributed by atoms with Crippen molar-refractivity contribution in [3.8, 4) is 0 Å². The number of aliphatic hydroxyl groups is 2. The van der Waals surface area contributed by atoms with Crippen molar-refractivity contribution < 1.29 is 19.7 Å². The predicted molar refractivity (Wildman–Crippen MR) is 50.7 cm³/mol. The third kappa shape index (κ3) is 4.07. The van der Waals surface area contributed by atoms with Gasteiger partial charge < -0.3 is 14.9 Å². The first-order valence-electron chi connectivity index (χ1n) is 5.13. The molecule has 1 rings (SSSR count). The van der Waals surface area contributed by atoms with Gasteiger partial charge in [-0.05, 0) is 26.2 Å². The number of hydrogen-bond acceptors (Lipinski definition) is 4. The first kappa shape index (κ1) is 11.5. The molecule has 3 unspecified atom stereocenters. The molecule has 1 heterocycles. The normalized spacial score (nSPS) is 26.8. The Hall–Kier alpha value is -0.610. The Bertz CT molecular complexity index is 191. The van der Waals surface area contributed by atoms with E-state index < -0.39 is 12.2 Å². The highest BCUT2D eigenvalue weighted by Crippen LogP contribution is 2.19. The summed E-state index contributed by atoms with van der Waals surface area (Å²) >= 11 is 0. The Kier molecular flexibility index (Phi) is 4.35. The molecule has 0 radical (unpaired) electrons. The van der Waals surface area contributed by atoms with Crippen LogP contribution in [0, 0.1) is 0 Å². The summed E-state index contributed by atoms with van der Waals surface area (Å²) in [6.07, 6.45) is 1.68. The van der Waals surface area contributed by atoms with E-state index >= 15 is 0 Å². The quantitative estimate of drug-likeness (QED) is 0.655. The molecule has 0 aromatic heterocycles. The van der Waals surface area contributed by atoms with Crippen LogP contribution in [0.4, 0.5) is 0 Å². The maximum Gasteiger partial charge on any atom is 0.306 e. The minimum atomic E-state index is -0.578. The van der Waals surface area contributed by atoms with Crippen LogP contribution in [-0.2, 0) is 9.53 Å². The molecule has 4 heteroatoms. The highest BCUT2D eigenvalue weighted by Gasteiger charge is 2.23. The van der Waals surface area contributed by atoms with Gasteiger partial charge in [0.2, 0.25) is 0 Å². The standard InChI is InChI=1S/C10H18O4/c1-7(11)5-8(12)6-9-3-2-4-10(13)14-9/h7-9,11-12H,2-6H2,1H3. The molecule has 1 aliphatic heterocycles. The summed E-state index contributed by atoms with van der Waals surface area (Å²) in [6.45, 7) is 1.64. The van der Waals surface area contributed by atoms with Gasteiger partial charge in [-0.1, -0.05) is 0 Å². The van der Waals surface area contributed by atoms with Crippen LogP contribution >= 0.6 is 0 Å². The summed E-state index contributed by atoms with van der Waals surface area (Å²) < 4.78 is 5.06. The van der Waals surface area contributed by atoms with Crippen molar-refractivity contribution in [2.45, 2.75) is 57.3 Å². The van der Waals surface area contributed by atoms with E-state index in [1.165, 1.54) is 0 Å². The van der Waals surface area contributed by atoms with E-state index in [0.717, 1.165) is 12.8 Å². The number of rotatable bonds is 4. The van der Waals surface area contributed by atoms with Crippen molar-refractivity contribution >= 4 is 5.97 Å². The van der Waals surface area contributed by atoms with Crippen molar-refractivity contribution in [2.24, 2.45) is 0 Å². The van der Waals surface area contributed by atoms with E-state index in [1.54, 1.807) is 6.92 Å². The molecule has 0 aliphatic carbocycles. The van der Waals surface area contributed by atoms with Crippen LogP contribution in [0.3, 0.4) is 0 Å². The summed E-state index contributed by atoms with van der Waals surface area (Å²) in [6, 6.07) is 0. The molecule has 1 aliphatic rings. The second kappa shape index (κ2) is 5.32. The molecule has 14 heavy (non-hydrogen) atoms. The van der Waals surface area contributed by atoms with Crippen molar-refractivity contribution in [1.29, 1.82) is 0 Å². The van der Waals surface area contributed by atoms with Gasteiger partial charge in [0, 0.05) is 12.8 Å². The largest absolute Gasteiger partial charge is 0.462 e. The molecule has 0 spiro atoms. The van der Waals surface area contributed by atoms with Crippen LogP contribution in [0.25, 0.3) is 0 Å². The van der Waals surface area contributed by atoms with Crippen molar-refractivity contribution in [3.63, 3.8) is 0 Å². The van der Waals surface area contributed by atoms with Crippen molar-refractivity contribution in [3.05, 3.63) is 0 Å². The molecule has 2 N–H and O–H groups in total. The smallest absolute Gasteiger partial charge is 0.306 e. The molecular weight excluding hydrogens is 184 g/mol. The van der Waals surface area contributed by atoms with E-state index in [9.17, 15) is 9.90 Å². The third-order valence-corrected chi connectivity index (χ3v) is 2.35. The van der Waals surface area contributed by atoms with Gasteiger partial charge in [0.25, 0.3) is 0 Å². The van der Waals surface area contributed by atoms with Gasteiger partial charge in [0.15, 0.2) is 0 Å². The lowest BCUT2D eigenvalue weighted by atomic mass is 10.0. The second-order valence-corrected chi connectivity index (χ2v) is 3.98. The highest BCUT2D eigenvalue weighted by molar-refractivity contribution is 5.70. The molecule has 1 fully saturated rings. The maximum atomic E-state index is 10.9. The summed E-state index contributed by atoms with van der Waals surface area (Å²) in [5, 5.41) is 18.5. The van der Waals surface area contributed by atoms with Gasteiger partial charge in [-0.25, -0.2) is 0 Å². The fourth-order valence-corrected chi connectivity index (χ4v) is 1.74. The van der Waals surface area contributed by atoms with Gasteiger partial charge in [0.05, 0.1) is 12.2 Å². The lowest BCUT2D eigenvalue weighted by Crippen LogP contribution is -2.28. The predicted octanol–water partition coefficient (Wildman–Crippen LogP) is 0.604. The van der Waals surface area contributed by atoms with E-state index in [-0.39, 0.29) is 12.1 Å². The minimum absolute atomic E-state index is 0.162. The number of carbonyl (C=O) groups is 1. The molecule has 0 aromatic carbocycles.